The summed E-state index contributed by atoms with van der Waals surface area (Å²) in [4.78, 5) is 22.3. The summed E-state index contributed by atoms with van der Waals surface area (Å²) in [6.07, 6.45) is 6.95. The number of nitro groups is 1. The quantitative estimate of drug-likeness (QED) is 0.517. The Morgan fingerprint density at radius 3 is 2.70 bits per heavy atom. The minimum atomic E-state index is -0.800. The minimum Gasteiger partial charge on any atom is -0.334 e. The molecule has 1 aromatic rings. The Morgan fingerprint density at radius 1 is 1.39 bits per heavy atom. The molecule has 23 heavy (non-hydrogen) atoms. The van der Waals surface area contributed by atoms with Crippen LogP contribution in [-0.4, -0.2) is 16.4 Å². The molecule has 1 saturated carbocycles. The lowest BCUT2D eigenvalue weighted by Gasteiger charge is -2.31. The second kappa shape index (κ2) is 7.25. The molecule has 1 aromatic carbocycles. The number of nitro benzene ring substituents is 1. The van der Waals surface area contributed by atoms with E-state index >= 15 is 0 Å². The Labute approximate surface area is 138 Å². The number of halogens is 1. The normalized spacial score (nSPS) is 16.7. The van der Waals surface area contributed by atoms with Crippen molar-refractivity contribution in [1.82, 2.24) is 5.32 Å². The molecule has 1 aliphatic rings. The lowest BCUT2D eigenvalue weighted by Crippen LogP contribution is -2.48. The van der Waals surface area contributed by atoms with Crippen molar-refractivity contribution in [2.75, 3.05) is 0 Å². The molecule has 0 atom stereocenters. The summed E-state index contributed by atoms with van der Waals surface area (Å²) in [5.74, 6) is -0.383. The largest absolute Gasteiger partial charge is 0.334 e. The van der Waals surface area contributed by atoms with Gasteiger partial charge in [-0.1, -0.05) is 36.9 Å². The summed E-state index contributed by atoms with van der Waals surface area (Å²) in [5, 5.41) is 23.0. The van der Waals surface area contributed by atoms with Crippen LogP contribution < -0.4 is 5.32 Å². The van der Waals surface area contributed by atoms with Gasteiger partial charge in [-0.05, 0) is 30.5 Å². The molecule has 1 N–H and O–H groups in total. The van der Waals surface area contributed by atoms with E-state index in [1.165, 1.54) is 24.3 Å². The fourth-order valence-corrected chi connectivity index (χ4v) is 2.83. The van der Waals surface area contributed by atoms with E-state index in [9.17, 15) is 20.2 Å². The third-order valence-corrected chi connectivity index (χ3v) is 4.20. The summed E-state index contributed by atoms with van der Waals surface area (Å²) < 4.78 is 0. The predicted octanol–water partition coefficient (Wildman–Crippen LogP) is 3.60. The summed E-state index contributed by atoms with van der Waals surface area (Å²) in [6, 6.07) is 6.50. The van der Waals surface area contributed by atoms with Gasteiger partial charge in [0.25, 0.3) is 5.69 Å². The van der Waals surface area contributed by atoms with Gasteiger partial charge in [0, 0.05) is 12.1 Å². The number of rotatable bonds is 4. The third-order valence-electron chi connectivity index (χ3n) is 3.88. The van der Waals surface area contributed by atoms with E-state index in [0.717, 1.165) is 19.3 Å². The summed E-state index contributed by atoms with van der Waals surface area (Å²) in [5.41, 5.74) is -0.521. The van der Waals surface area contributed by atoms with Crippen LogP contribution in [0.5, 0.6) is 0 Å². The van der Waals surface area contributed by atoms with Crippen LogP contribution >= 0.6 is 11.6 Å². The highest BCUT2D eigenvalue weighted by Gasteiger charge is 2.32. The number of carbonyl (C=O) groups is 1. The highest BCUT2D eigenvalue weighted by molar-refractivity contribution is 6.32. The molecule has 0 aromatic heterocycles. The number of nitriles is 1. The van der Waals surface area contributed by atoms with Gasteiger partial charge in [-0.2, -0.15) is 5.26 Å². The lowest BCUT2D eigenvalue weighted by atomic mass is 9.83. The number of hydrogen-bond acceptors (Lipinski definition) is 4. The van der Waals surface area contributed by atoms with E-state index in [4.69, 9.17) is 11.6 Å². The van der Waals surface area contributed by atoms with E-state index in [-0.39, 0.29) is 16.6 Å². The number of amides is 1. The van der Waals surface area contributed by atoms with Crippen LogP contribution in [0.4, 0.5) is 5.69 Å². The van der Waals surface area contributed by atoms with E-state index in [2.05, 4.69) is 11.4 Å². The van der Waals surface area contributed by atoms with Crippen LogP contribution in [0.3, 0.4) is 0 Å². The van der Waals surface area contributed by atoms with Crippen molar-refractivity contribution in [3.63, 3.8) is 0 Å². The van der Waals surface area contributed by atoms with Crippen molar-refractivity contribution in [3.05, 3.63) is 45.0 Å². The zero-order chi connectivity index (χ0) is 16.9. The maximum atomic E-state index is 12.0. The van der Waals surface area contributed by atoms with Crippen LogP contribution in [0.25, 0.3) is 6.08 Å². The topological polar surface area (TPSA) is 96.0 Å². The van der Waals surface area contributed by atoms with Gasteiger partial charge in [0.2, 0.25) is 5.91 Å². The van der Waals surface area contributed by atoms with Gasteiger partial charge in [0.1, 0.15) is 10.6 Å². The van der Waals surface area contributed by atoms with Crippen LogP contribution in [-0.2, 0) is 4.79 Å². The second-order valence-corrected chi connectivity index (χ2v) is 5.95. The van der Waals surface area contributed by atoms with E-state index < -0.39 is 10.5 Å². The van der Waals surface area contributed by atoms with Crippen LogP contribution in [0.15, 0.2) is 24.3 Å². The zero-order valence-electron chi connectivity index (χ0n) is 12.4. The molecular formula is C16H16ClN3O3. The average molecular weight is 334 g/mol. The molecule has 0 aliphatic heterocycles. The Kier molecular flexibility index (Phi) is 5.35. The molecule has 1 aliphatic carbocycles. The molecular weight excluding hydrogens is 318 g/mol. The van der Waals surface area contributed by atoms with Crippen molar-refractivity contribution >= 4 is 29.3 Å². The van der Waals surface area contributed by atoms with Crippen molar-refractivity contribution < 1.29 is 9.72 Å². The van der Waals surface area contributed by atoms with Crippen molar-refractivity contribution in [3.8, 4) is 6.07 Å². The molecule has 0 spiro atoms. The number of hydrogen-bond donors (Lipinski definition) is 1. The predicted molar refractivity (Wildman–Crippen MR) is 86.7 cm³/mol. The first kappa shape index (κ1) is 17.0. The maximum Gasteiger partial charge on any atom is 0.288 e. The molecule has 1 amide bonds. The van der Waals surface area contributed by atoms with Gasteiger partial charge in [-0.15, -0.1) is 0 Å². The molecule has 1 fully saturated rings. The zero-order valence-corrected chi connectivity index (χ0v) is 13.2. The number of carbonyl (C=O) groups excluding carboxylic acids is 1. The first-order valence-electron chi connectivity index (χ1n) is 7.31. The molecule has 0 heterocycles. The Hall–Kier alpha value is -2.39. The SMILES string of the molecule is N#CC1(NC(=O)/C=C/c2ccc(Cl)c([N+](=O)[O-])c2)CCCCC1. The summed E-state index contributed by atoms with van der Waals surface area (Å²) in [7, 11) is 0. The van der Waals surface area contributed by atoms with Crippen molar-refractivity contribution in [2.24, 2.45) is 0 Å². The van der Waals surface area contributed by atoms with E-state index in [1.807, 2.05) is 0 Å². The molecule has 120 valence electrons. The van der Waals surface area contributed by atoms with Gasteiger partial charge in [-0.3, -0.25) is 14.9 Å². The number of nitrogens with zero attached hydrogens (tertiary/aromatic N) is 2. The fourth-order valence-electron chi connectivity index (χ4n) is 2.64. The fraction of sp³-hybridized carbons (Fsp3) is 0.375. The lowest BCUT2D eigenvalue weighted by molar-refractivity contribution is -0.384. The van der Waals surface area contributed by atoms with Gasteiger partial charge < -0.3 is 5.32 Å². The summed E-state index contributed by atoms with van der Waals surface area (Å²) in [6.45, 7) is 0. The Balaban J connectivity index is 2.08. The first-order valence-corrected chi connectivity index (χ1v) is 7.69. The van der Waals surface area contributed by atoms with Gasteiger partial charge in [0.15, 0.2) is 0 Å². The van der Waals surface area contributed by atoms with Gasteiger partial charge in [-0.25, -0.2) is 0 Å². The molecule has 2 rings (SSSR count). The first-order chi connectivity index (χ1) is 11.0. The van der Waals surface area contributed by atoms with Crippen LogP contribution in [0.2, 0.25) is 5.02 Å². The summed E-state index contributed by atoms with van der Waals surface area (Å²) >= 11 is 5.74. The molecule has 6 nitrogen and oxygen atoms in total. The smallest absolute Gasteiger partial charge is 0.288 e. The minimum absolute atomic E-state index is 0.0437. The van der Waals surface area contributed by atoms with Gasteiger partial charge >= 0.3 is 0 Å². The average Bonchev–Trinajstić information content (AvgIpc) is 2.54. The second-order valence-electron chi connectivity index (χ2n) is 5.55. The molecule has 0 saturated heterocycles. The molecule has 7 heteroatoms. The molecule has 0 radical (unpaired) electrons. The molecule has 0 bridgehead atoms. The Morgan fingerprint density at radius 2 is 2.09 bits per heavy atom. The van der Waals surface area contributed by atoms with Crippen LogP contribution in [0.1, 0.15) is 37.7 Å². The van der Waals surface area contributed by atoms with Crippen molar-refractivity contribution in [1.29, 1.82) is 5.26 Å². The van der Waals surface area contributed by atoms with Gasteiger partial charge in [0.05, 0.1) is 11.0 Å². The molecule has 0 unspecified atom stereocenters. The highest BCUT2D eigenvalue weighted by atomic mass is 35.5. The van der Waals surface area contributed by atoms with E-state index in [0.29, 0.717) is 18.4 Å². The number of benzene rings is 1. The maximum absolute atomic E-state index is 12.0. The third kappa shape index (κ3) is 4.30. The highest BCUT2D eigenvalue weighted by Crippen LogP contribution is 2.28. The Bertz CT molecular complexity index is 688. The van der Waals surface area contributed by atoms with Crippen molar-refractivity contribution in [2.45, 2.75) is 37.6 Å². The standard InChI is InChI=1S/C16H16ClN3O3/c17-13-6-4-12(10-14(13)20(22)23)5-7-15(21)19-16(11-18)8-2-1-3-9-16/h4-7,10H,1-3,8-9H2,(H,19,21)/b7-5+. The van der Waals surface area contributed by atoms with E-state index in [1.54, 1.807) is 6.07 Å². The monoisotopic (exact) mass is 333 g/mol. The van der Waals surface area contributed by atoms with Crippen LogP contribution in [0, 0.1) is 21.4 Å². The number of nitrogens with one attached hydrogen (secondary N) is 1.